The first kappa shape index (κ1) is 16.8. The molecule has 3 aromatic rings. The van der Waals surface area contributed by atoms with Crippen LogP contribution < -0.4 is 5.32 Å². The van der Waals surface area contributed by atoms with E-state index in [4.69, 9.17) is 4.74 Å². The first-order valence-corrected chi connectivity index (χ1v) is 7.97. The van der Waals surface area contributed by atoms with Crippen LogP contribution in [-0.2, 0) is 17.9 Å². The Morgan fingerprint density at radius 2 is 2.04 bits per heavy atom. The molecule has 0 bridgehead atoms. The van der Waals surface area contributed by atoms with Gasteiger partial charge in [-0.05, 0) is 47.2 Å². The fourth-order valence-corrected chi connectivity index (χ4v) is 2.53. The van der Waals surface area contributed by atoms with Gasteiger partial charge >= 0.3 is 0 Å². The van der Waals surface area contributed by atoms with Crippen molar-refractivity contribution < 1.29 is 9.53 Å². The first-order chi connectivity index (χ1) is 12.2. The largest absolute Gasteiger partial charge is 0.380 e. The fourth-order valence-electron chi connectivity index (χ4n) is 2.53. The van der Waals surface area contributed by atoms with Crippen molar-refractivity contribution in [1.29, 1.82) is 0 Å². The first-order valence-electron chi connectivity index (χ1n) is 7.97. The summed E-state index contributed by atoms with van der Waals surface area (Å²) >= 11 is 0. The zero-order chi connectivity index (χ0) is 17.6. The average molecular weight is 337 g/mol. The van der Waals surface area contributed by atoms with Crippen LogP contribution in [0.15, 0.2) is 48.5 Å². The summed E-state index contributed by atoms with van der Waals surface area (Å²) in [6, 6.07) is 14.8. The average Bonchev–Trinajstić information content (AvgIpc) is 3.11. The molecule has 0 aliphatic rings. The van der Waals surface area contributed by atoms with Crippen molar-refractivity contribution in [2.24, 2.45) is 0 Å². The summed E-state index contributed by atoms with van der Waals surface area (Å²) in [6.07, 6.45) is 0. The van der Waals surface area contributed by atoms with E-state index in [-0.39, 0.29) is 5.91 Å². The lowest BCUT2D eigenvalue weighted by Crippen LogP contribution is -2.12. The normalized spacial score (nSPS) is 10.6. The minimum atomic E-state index is -0.188. The predicted molar refractivity (Wildman–Crippen MR) is 94.0 cm³/mol. The van der Waals surface area contributed by atoms with Gasteiger partial charge < -0.3 is 10.1 Å². The molecule has 1 aromatic heterocycles. The molecule has 7 nitrogen and oxygen atoms in total. The molecular formula is C18H19N5O2. The zero-order valence-corrected chi connectivity index (χ0v) is 14.1. The highest BCUT2D eigenvalue weighted by atomic mass is 16.5. The number of rotatable bonds is 6. The molecule has 0 radical (unpaired) electrons. The SMILES string of the molecule is CCn1nnnc1-c1cccc(C(=O)Nc2cccc(COC)c2)c1. The lowest BCUT2D eigenvalue weighted by molar-refractivity contribution is 0.102. The van der Waals surface area contributed by atoms with E-state index in [1.54, 1.807) is 23.9 Å². The summed E-state index contributed by atoms with van der Waals surface area (Å²) in [4.78, 5) is 12.6. The zero-order valence-electron chi connectivity index (χ0n) is 14.1. The van der Waals surface area contributed by atoms with Crippen LogP contribution in [0.4, 0.5) is 5.69 Å². The highest BCUT2D eigenvalue weighted by Crippen LogP contribution is 2.19. The third-order valence-corrected chi connectivity index (χ3v) is 3.71. The molecule has 0 unspecified atom stereocenters. The van der Waals surface area contributed by atoms with E-state index in [2.05, 4.69) is 20.8 Å². The summed E-state index contributed by atoms with van der Waals surface area (Å²) in [5, 5.41) is 14.5. The van der Waals surface area contributed by atoms with Gasteiger partial charge in [0.1, 0.15) is 0 Å². The van der Waals surface area contributed by atoms with Gasteiger partial charge in [0.15, 0.2) is 5.82 Å². The molecule has 0 aliphatic carbocycles. The van der Waals surface area contributed by atoms with Gasteiger partial charge in [-0.15, -0.1) is 5.10 Å². The molecule has 1 amide bonds. The highest BCUT2D eigenvalue weighted by molar-refractivity contribution is 6.04. The Balaban J connectivity index is 1.81. The number of hydrogen-bond donors (Lipinski definition) is 1. The maximum absolute atomic E-state index is 12.6. The standard InChI is InChI=1S/C18H19N5O2/c1-3-23-17(20-21-22-23)14-7-5-8-15(11-14)18(24)19-16-9-4-6-13(10-16)12-25-2/h4-11H,3,12H2,1-2H3,(H,19,24). The van der Waals surface area contributed by atoms with Crippen LogP contribution in [0.25, 0.3) is 11.4 Å². The summed E-state index contributed by atoms with van der Waals surface area (Å²) in [5.74, 6) is 0.450. The van der Waals surface area contributed by atoms with E-state index in [0.717, 1.165) is 16.8 Å². The number of aryl methyl sites for hydroxylation is 1. The lowest BCUT2D eigenvalue weighted by Gasteiger charge is -2.08. The number of anilines is 1. The van der Waals surface area contributed by atoms with E-state index < -0.39 is 0 Å². The van der Waals surface area contributed by atoms with Gasteiger partial charge in [0, 0.05) is 30.5 Å². The van der Waals surface area contributed by atoms with Gasteiger partial charge in [-0.1, -0.05) is 24.3 Å². The minimum absolute atomic E-state index is 0.188. The molecule has 1 N–H and O–H groups in total. The molecule has 0 fully saturated rings. The molecule has 0 spiro atoms. The number of hydrogen-bond acceptors (Lipinski definition) is 5. The quantitative estimate of drug-likeness (QED) is 0.748. The van der Waals surface area contributed by atoms with Crippen molar-refractivity contribution in [3.8, 4) is 11.4 Å². The fraction of sp³-hybridized carbons (Fsp3) is 0.222. The third-order valence-electron chi connectivity index (χ3n) is 3.71. The maximum Gasteiger partial charge on any atom is 0.255 e. The number of carbonyl (C=O) groups is 1. The van der Waals surface area contributed by atoms with Crippen molar-refractivity contribution in [3.63, 3.8) is 0 Å². The second-order valence-electron chi connectivity index (χ2n) is 5.49. The van der Waals surface area contributed by atoms with Crippen LogP contribution in [0.2, 0.25) is 0 Å². The number of tetrazole rings is 1. The smallest absolute Gasteiger partial charge is 0.255 e. The maximum atomic E-state index is 12.6. The van der Waals surface area contributed by atoms with Crippen molar-refractivity contribution in [1.82, 2.24) is 20.2 Å². The number of nitrogens with zero attached hydrogens (tertiary/aromatic N) is 4. The van der Waals surface area contributed by atoms with E-state index in [9.17, 15) is 4.79 Å². The summed E-state index contributed by atoms with van der Waals surface area (Å²) < 4.78 is 6.80. The Morgan fingerprint density at radius 1 is 1.20 bits per heavy atom. The van der Waals surface area contributed by atoms with Gasteiger partial charge in [0.2, 0.25) is 0 Å². The van der Waals surface area contributed by atoms with Gasteiger partial charge in [0.05, 0.1) is 6.61 Å². The molecular weight excluding hydrogens is 318 g/mol. The topological polar surface area (TPSA) is 81.9 Å². The number of aromatic nitrogens is 4. The molecule has 7 heteroatoms. The van der Waals surface area contributed by atoms with Crippen molar-refractivity contribution in [3.05, 3.63) is 59.7 Å². The molecule has 25 heavy (non-hydrogen) atoms. The number of methoxy groups -OCH3 is 1. The van der Waals surface area contributed by atoms with Crippen LogP contribution in [0.3, 0.4) is 0 Å². The van der Waals surface area contributed by atoms with Crippen molar-refractivity contribution in [2.45, 2.75) is 20.1 Å². The Morgan fingerprint density at radius 3 is 2.84 bits per heavy atom. The molecule has 1 heterocycles. The van der Waals surface area contributed by atoms with Gasteiger partial charge in [-0.2, -0.15) is 0 Å². The lowest BCUT2D eigenvalue weighted by atomic mass is 10.1. The molecule has 128 valence electrons. The third kappa shape index (κ3) is 3.89. The van der Waals surface area contributed by atoms with Crippen molar-refractivity contribution >= 4 is 11.6 Å². The monoisotopic (exact) mass is 337 g/mol. The number of carbonyl (C=O) groups excluding carboxylic acids is 1. The minimum Gasteiger partial charge on any atom is -0.380 e. The van der Waals surface area contributed by atoms with E-state index in [0.29, 0.717) is 24.5 Å². The number of amides is 1. The Kier molecular flexibility index (Phi) is 5.15. The number of benzene rings is 2. The molecule has 3 rings (SSSR count). The van der Waals surface area contributed by atoms with Gasteiger partial charge in [-0.3, -0.25) is 4.79 Å². The number of ether oxygens (including phenoxy) is 1. The predicted octanol–water partition coefficient (Wildman–Crippen LogP) is 2.76. The Hall–Kier alpha value is -3.06. The molecule has 0 aliphatic heterocycles. The molecule has 2 aromatic carbocycles. The summed E-state index contributed by atoms with van der Waals surface area (Å²) in [6.45, 7) is 3.12. The Labute approximate surface area is 145 Å². The van der Waals surface area contributed by atoms with Crippen molar-refractivity contribution in [2.75, 3.05) is 12.4 Å². The molecule has 0 atom stereocenters. The van der Waals surface area contributed by atoms with Crippen LogP contribution in [0.1, 0.15) is 22.8 Å². The van der Waals surface area contributed by atoms with Gasteiger partial charge in [0.25, 0.3) is 5.91 Å². The van der Waals surface area contributed by atoms with Crippen LogP contribution >= 0.6 is 0 Å². The van der Waals surface area contributed by atoms with E-state index in [1.165, 1.54) is 0 Å². The van der Waals surface area contributed by atoms with Crippen LogP contribution in [0.5, 0.6) is 0 Å². The van der Waals surface area contributed by atoms with Crippen LogP contribution in [-0.4, -0.2) is 33.2 Å². The second kappa shape index (κ2) is 7.67. The van der Waals surface area contributed by atoms with E-state index in [1.807, 2.05) is 43.3 Å². The summed E-state index contributed by atoms with van der Waals surface area (Å²) in [7, 11) is 1.64. The van der Waals surface area contributed by atoms with Gasteiger partial charge in [-0.25, -0.2) is 4.68 Å². The number of nitrogens with one attached hydrogen (secondary N) is 1. The highest BCUT2D eigenvalue weighted by Gasteiger charge is 2.12. The van der Waals surface area contributed by atoms with E-state index >= 15 is 0 Å². The molecule has 0 saturated heterocycles. The molecule has 0 saturated carbocycles. The van der Waals surface area contributed by atoms with Crippen LogP contribution in [0, 0.1) is 0 Å². The second-order valence-corrected chi connectivity index (χ2v) is 5.49. The Bertz CT molecular complexity index is 875. The summed E-state index contributed by atoms with van der Waals surface area (Å²) in [5.41, 5.74) is 3.06.